The molecular weight excluding hydrogens is 490 g/mol. The highest BCUT2D eigenvalue weighted by molar-refractivity contribution is 7.07. The molecule has 0 bridgehead atoms. The Morgan fingerprint density at radius 2 is 1.56 bits per heavy atom. The van der Waals surface area contributed by atoms with Crippen LogP contribution >= 0.6 is 11.3 Å². The van der Waals surface area contributed by atoms with Crippen LogP contribution in [0.5, 0.6) is 0 Å². The van der Waals surface area contributed by atoms with Crippen molar-refractivity contribution in [2.24, 2.45) is 5.73 Å². The molecule has 0 saturated heterocycles. The predicted molar refractivity (Wildman–Crippen MR) is 131 cm³/mol. The molecule has 36 heavy (non-hydrogen) atoms. The molecule has 10 heteroatoms. The molecule has 0 spiro atoms. The number of fused-ring (bicyclic) bond motifs is 1. The predicted octanol–water partition coefficient (Wildman–Crippen LogP) is 2.22. The minimum absolute atomic E-state index is 0.00984. The minimum atomic E-state index is -1.30. The van der Waals surface area contributed by atoms with E-state index in [0.29, 0.717) is 0 Å². The number of aromatic nitrogens is 1. The zero-order valence-corrected chi connectivity index (χ0v) is 20.2. The Kier molecular flexibility index (Phi) is 7.16. The van der Waals surface area contributed by atoms with E-state index in [0.717, 1.165) is 15.9 Å². The van der Waals surface area contributed by atoms with Crippen LogP contribution in [-0.2, 0) is 19.1 Å². The van der Waals surface area contributed by atoms with Crippen LogP contribution in [0.2, 0.25) is 0 Å². The van der Waals surface area contributed by atoms with Crippen LogP contribution in [0.3, 0.4) is 0 Å². The monoisotopic (exact) mass is 512 g/mol. The summed E-state index contributed by atoms with van der Waals surface area (Å²) in [6, 6.07) is 11.5. The van der Waals surface area contributed by atoms with Crippen LogP contribution < -0.4 is 20.5 Å². The minimum Gasteiger partial charge on any atom is -0.463 e. The first-order valence-electron chi connectivity index (χ1n) is 11.1. The number of thiazole rings is 1. The molecule has 2 heterocycles. The molecule has 1 aliphatic heterocycles. The van der Waals surface area contributed by atoms with E-state index in [1.165, 1.54) is 42.5 Å². The molecule has 3 aromatic rings. The molecule has 1 aromatic heterocycles. The van der Waals surface area contributed by atoms with E-state index in [2.05, 4.69) is 0 Å². The molecule has 2 aromatic carbocycles. The maximum Gasteiger partial charge on any atom is 0.338 e. The fourth-order valence-corrected chi connectivity index (χ4v) is 5.17. The molecule has 0 fully saturated rings. The van der Waals surface area contributed by atoms with Crippen LogP contribution in [0.15, 0.2) is 58.9 Å². The summed E-state index contributed by atoms with van der Waals surface area (Å²) in [6.45, 7) is 3.14. The number of nitrogens with two attached hydrogens (primary N) is 1. The largest absolute Gasteiger partial charge is 0.463 e. The Bertz CT molecular complexity index is 1570. The second kappa shape index (κ2) is 10.3. The van der Waals surface area contributed by atoms with E-state index in [-0.39, 0.29) is 50.5 Å². The van der Waals surface area contributed by atoms with Crippen molar-refractivity contribution in [3.05, 3.63) is 96.4 Å². The molecular formula is C26H22F2N2O5S. The Hall–Kier alpha value is -4.05. The number of benzene rings is 2. The molecule has 186 valence electrons. The van der Waals surface area contributed by atoms with E-state index in [4.69, 9.17) is 15.2 Å². The van der Waals surface area contributed by atoms with Crippen LogP contribution in [0.25, 0.3) is 17.5 Å². The van der Waals surface area contributed by atoms with Crippen molar-refractivity contribution in [3.63, 3.8) is 0 Å². The van der Waals surface area contributed by atoms with Gasteiger partial charge in [-0.05, 0) is 32.1 Å². The van der Waals surface area contributed by atoms with Gasteiger partial charge in [-0.1, -0.05) is 36.4 Å². The first-order chi connectivity index (χ1) is 17.3. The third-order valence-corrected chi connectivity index (χ3v) is 6.66. The van der Waals surface area contributed by atoms with Gasteiger partial charge in [0.15, 0.2) is 0 Å². The summed E-state index contributed by atoms with van der Waals surface area (Å²) >= 11 is 0.865. The van der Waals surface area contributed by atoms with Gasteiger partial charge in [0.1, 0.15) is 22.1 Å². The third kappa shape index (κ3) is 4.35. The van der Waals surface area contributed by atoms with Crippen LogP contribution in [0.1, 0.15) is 30.9 Å². The number of rotatable bonds is 6. The number of nitrogens with zero attached hydrogens (tertiary/aromatic N) is 1. The average molecular weight is 513 g/mol. The van der Waals surface area contributed by atoms with Crippen molar-refractivity contribution in [2.75, 3.05) is 13.2 Å². The summed E-state index contributed by atoms with van der Waals surface area (Å²) in [5.41, 5.74) is 5.39. The van der Waals surface area contributed by atoms with Crippen LogP contribution in [-0.4, -0.2) is 29.7 Å². The highest BCUT2D eigenvalue weighted by Crippen LogP contribution is 2.38. The summed E-state index contributed by atoms with van der Waals surface area (Å²) < 4.78 is 40.9. The Morgan fingerprint density at radius 3 is 2.17 bits per heavy atom. The highest BCUT2D eigenvalue weighted by Gasteiger charge is 2.41. The summed E-state index contributed by atoms with van der Waals surface area (Å²) in [4.78, 5) is 39.7. The molecule has 0 saturated carbocycles. The van der Waals surface area contributed by atoms with Gasteiger partial charge in [-0.25, -0.2) is 18.4 Å². The van der Waals surface area contributed by atoms with Crippen molar-refractivity contribution < 1.29 is 27.8 Å². The first kappa shape index (κ1) is 25.1. The fourth-order valence-electron chi connectivity index (χ4n) is 4.02. The number of hydrogen-bond donors (Lipinski definition) is 1. The standard InChI is InChI=1S/C26H22F2N2O5S/c1-3-34-25(32)20-19(15-10-6-8-12-17(15)28)21(26(33)35-4-2)24-30(22(20)29)23(31)18(36-24)13-14-9-5-7-11-16(14)27/h5-13,19H,3-4,29H2,1-2H3/t19-/m0/s1. The van der Waals surface area contributed by atoms with E-state index >= 15 is 4.39 Å². The molecule has 7 nitrogen and oxygen atoms in total. The van der Waals surface area contributed by atoms with E-state index in [9.17, 15) is 18.8 Å². The quantitative estimate of drug-likeness (QED) is 0.509. The SMILES string of the molecule is CCOC(=O)C1=C(N)n2c(sc(=Cc3ccccc3F)c2=O)=C(C(=O)OCC)[C@H]1c1ccccc1F. The lowest BCUT2D eigenvalue weighted by Crippen LogP contribution is -2.42. The van der Waals surface area contributed by atoms with Crippen LogP contribution in [0.4, 0.5) is 8.78 Å². The van der Waals surface area contributed by atoms with Gasteiger partial charge in [0, 0.05) is 11.1 Å². The van der Waals surface area contributed by atoms with Gasteiger partial charge in [-0.3, -0.25) is 9.36 Å². The molecule has 0 aliphatic carbocycles. The topological polar surface area (TPSA) is 101 Å². The molecule has 0 unspecified atom stereocenters. The molecule has 1 atom stereocenters. The van der Waals surface area contributed by atoms with E-state index < -0.39 is 35.1 Å². The van der Waals surface area contributed by atoms with Gasteiger partial charge in [0.2, 0.25) is 0 Å². The first-order valence-corrected chi connectivity index (χ1v) is 11.9. The number of hydrogen-bond acceptors (Lipinski definition) is 7. The van der Waals surface area contributed by atoms with Crippen LogP contribution in [0, 0.1) is 11.6 Å². The fraction of sp³-hybridized carbons (Fsp3) is 0.192. The number of ether oxygens (including phenoxy) is 2. The lowest BCUT2D eigenvalue weighted by molar-refractivity contribution is -0.138. The summed E-state index contributed by atoms with van der Waals surface area (Å²) in [5, 5.41) is 0. The summed E-state index contributed by atoms with van der Waals surface area (Å²) in [7, 11) is 0. The van der Waals surface area contributed by atoms with Gasteiger partial charge in [0.25, 0.3) is 5.56 Å². The van der Waals surface area contributed by atoms with Gasteiger partial charge >= 0.3 is 11.9 Å². The molecule has 1 aliphatic rings. The molecule has 4 rings (SSSR count). The van der Waals surface area contributed by atoms with Gasteiger partial charge in [0.05, 0.1) is 34.8 Å². The lowest BCUT2D eigenvalue weighted by Gasteiger charge is -2.27. The zero-order chi connectivity index (χ0) is 26.0. The van der Waals surface area contributed by atoms with Gasteiger partial charge in [-0.15, -0.1) is 11.3 Å². The smallest absolute Gasteiger partial charge is 0.338 e. The number of esters is 2. The highest BCUT2D eigenvalue weighted by atomic mass is 32.1. The number of carbonyl (C=O) groups is 2. The maximum absolute atomic E-state index is 15.0. The molecule has 0 amide bonds. The maximum atomic E-state index is 15.0. The Morgan fingerprint density at radius 1 is 0.972 bits per heavy atom. The van der Waals surface area contributed by atoms with Crippen molar-refractivity contribution in [1.29, 1.82) is 0 Å². The zero-order valence-electron chi connectivity index (χ0n) is 19.4. The second-order valence-corrected chi connectivity index (χ2v) is 8.72. The van der Waals surface area contributed by atoms with Crippen molar-refractivity contribution >= 4 is 40.7 Å². The third-order valence-electron chi connectivity index (χ3n) is 5.55. The Labute approximate surface area is 208 Å². The second-order valence-electron chi connectivity index (χ2n) is 7.69. The van der Waals surface area contributed by atoms with Crippen molar-refractivity contribution in [1.82, 2.24) is 4.57 Å². The Balaban J connectivity index is 2.15. The number of carbonyl (C=O) groups excluding carboxylic acids is 2. The number of halogens is 2. The van der Waals surface area contributed by atoms with E-state index in [1.54, 1.807) is 26.0 Å². The average Bonchev–Trinajstić information content (AvgIpc) is 3.16. The summed E-state index contributed by atoms with van der Waals surface area (Å²) in [5.74, 6) is -4.61. The summed E-state index contributed by atoms with van der Waals surface area (Å²) in [6.07, 6.45) is 1.33. The van der Waals surface area contributed by atoms with Crippen molar-refractivity contribution in [2.45, 2.75) is 19.8 Å². The lowest BCUT2D eigenvalue weighted by atomic mass is 9.83. The van der Waals surface area contributed by atoms with Crippen molar-refractivity contribution in [3.8, 4) is 0 Å². The van der Waals surface area contributed by atoms with Gasteiger partial charge in [-0.2, -0.15) is 0 Å². The van der Waals surface area contributed by atoms with E-state index in [1.807, 2.05) is 0 Å². The molecule has 0 radical (unpaired) electrons. The molecule has 2 N–H and O–H groups in total. The van der Waals surface area contributed by atoms with Gasteiger partial charge < -0.3 is 15.2 Å². The normalized spacial score (nSPS) is 15.6.